The summed E-state index contributed by atoms with van der Waals surface area (Å²) in [6.45, 7) is 7.79. The third-order valence-corrected chi connectivity index (χ3v) is 6.65. The van der Waals surface area contributed by atoms with Gasteiger partial charge in [0.15, 0.2) is 6.29 Å². The average Bonchev–Trinajstić information content (AvgIpc) is 2.98. The Morgan fingerprint density at radius 3 is 2.37 bits per heavy atom. The molecule has 3 aliphatic rings. The average molecular weight is 419 g/mol. The van der Waals surface area contributed by atoms with Crippen LogP contribution in [0.2, 0.25) is 0 Å². The molecule has 0 fully saturated rings. The highest BCUT2D eigenvalue weighted by Crippen LogP contribution is 2.44. The topological polar surface area (TPSA) is 110 Å². The van der Waals surface area contributed by atoms with E-state index < -0.39 is 42.7 Å². The summed E-state index contributed by atoms with van der Waals surface area (Å²) in [4.78, 5) is 0. The van der Waals surface area contributed by atoms with E-state index in [1.54, 1.807) is 24.3 Å². The Balaban J connectivity index is 2.03. The van der Waals surface area contributed by atoms with Gasteiger partial charge in [0.1, 0.15) is 12.2 Å². The van der Waals surface area contributed by atoms with Crippen LogP contribution in [0.25, 0.3) is 0 Å². The summed E-state index contributed by atoms with van der Waals surface area (Å²) in [5, 5.41) is 52.4. The summed E-state index contributed by atoms with van der Waals surface area (Å²) < 4.78 is 5.87. The van der Waals surface area contributed by atoms with Crippen LogP contribution in [0, 0.1) is 17.8 Å². The van der Waals surface area contributed by atoms with E-state index >= 15 is 0 Å². The van der Waals surface area contributed by atoms with E-state index in [9.17, 15) is 25.5 Å². The molecule has 1 heterocycles. The minimum absolute atomic E-state index is 0.117. The maximum Gasteiger partial charge on any atom is 0.164 e. The van der Waals surface area contributed by atoms with Crippen molar-refractivity contribution in [2.75, 3.05) is 0 Å². The van der Waals surface area contributed by atoms with E-state index in [0.29, 0.717) is 0 Å². The second kappa shape index (κ2) is 9.30. The van der Waals surface area contributed by atoms with Crippen LogP contribution < -0.4 is 0 Å². The molecular weight excluding hydrogens is 384 g/mol. The van der Waals surface area contributed by atoms with Crippen LogP contribution in [0.15, 0.2) is 58.7 Å². The molecule has 0 saturated heterocycles. The van der Waals surface area contributed by atoms with E-state index in [4.69, 9.17) is 4.74 Å². The van der Waals surface area contributed by atoms with Gasteiger partial charge >= 0.3 is 0 Å². The van der Waals surface area contributed by atoms with Gasteiger partial charge in [0.05, 0.1) is 24.2 Å². The summed E-state index contributed by atoms with van der Waals surface area (Å²) >= 11 is 0. The number of aliphatic hydroxyl groups excluding tert-OH is 5. The molecule has 9 atom stereocenters. The molecule has 6 nitrogen and oxygen atoms in total. The van der Waals surface area contributed by atoms with Crippen molar-refractivity contribution in [3.63, 3.8) is 0 Å². The predicted octanol–water partition coefficient (Wildman–Crippen LogP) is 1.75. The second-order valence-electron chi connectivity index (χ2n) is 8.78. The Morgan fingerprint density at radius 2 is 1.67 bits per heavy atom. The molecule has 0 amide bonds. The Morgan fingerprint density at radius 1 is 0.967 bits per heavy atom. The lowest BCUT2D eigenvalue weighted by atomic mass is 9.79. The Labute approximate surface area is 178 Å². The minimum Gasteiger partial charge on any atom is -0.390 e. The normalized spacial score (nSPS) is 45.0. The fourth-order valence-electron chi connectivity index (χ4n) is 4.26. The first-order chi connectivity index (χ1) is 14.1. The number of hydrogen-bond donors (Lipinski definition) is 5. The first-order valence-electron chi connectivity index (χ1n) is 10.7. The van der Waals surface area contributed by atoms with E-state index in [1.807, 2.05) is 20.8 Å². The van der Waals surface area contributed by atoms with E-state index in [1.165, 1.54) is 11.6 Å². The number of rotatable bonds is 0. The van der Waals surface area contributed by atoms with Crippen molar-refractivity contribution in [1.82, 2.24) is 0 Å². The third kappa shape index (κ3) is 4.54. The van der Waals surface area contributed by atoms with Crippen LogP contribution in [-0.2, 0) is 4.74 Å². The molecule has 1 aliphatic heterocycles. The third-order valence-electron chi connectivity index (χ3n) is 6.65. The minimum atomic E-state index is -1.32. The lowest BCUT2D eigenvalue weighted by Crippen LogP contribution is -2.39. The van der Waals surface area contributed by atoms with Gasteiger partial charge in [-0.3, -0.25) is 0 Å². The molecule has 6 heteroatoms. The molecule has 0 aromatic heterocycles. The summed E-state index contributed by atoms with van der Waals surface area (Å²) in [6, 6.07) is 0. The fourth-order valence-corrected chi connectivity index (χ4v) is 4.26. The molecular formula is C24H34O6. The van der Waals surface area contributed by atoms with Crippen LogP contribution in [0.5, 0.6) is 0 Å². The number of allylic oxidation sites excluding steroid dienone is 5. The molecule has 8 unspecified atom stereocenters. The van der Waals surface area contributed by atoms with Crippen molar-refractivity contribution in [2.24, 2.45) is 17.8 Å². The Kier molecular flexibility index (Phi) is 7.17. The molecule has 3 rings (SSSR count). The zero-order valence-electron chi connectivity index (χ0n) is 18.0. The predicted molar refractivity (Wildman–Crippen MR) is 114 cm³/mol. The highest BCUT2D eigenvalue weighted by atomic mass is 16.6. The summed E-state index contributed by atoms with van der Waals surface area (Å²) in [6.07, 6.45) is 4.36. The standard InChI is InChI=1S/C24H34O6/c1-12-8-9-20(26)23(28)19(25)7-5-6-16-18-10-13(2)14(3)17(18)11-21(27)22(16)24(29)30-15(12)4/h5-6,8-12,14-15,19-29H,7H2,1-4H3/b6-5+,9-8-/t12-,14?,15?,19?,20?,21?,22?,23?,24?/m1/s1. The molecule has 0 aromatic carbocycles. The number of aliphatic hydroxyl groups is 5. The Bertz CT molecular complexity index is 792. The van der Waals surface area contributed by atoms with Crippen LogP contribution in [0.1, 0.15) is 34.1 Å². The molecule has 0 saturated carbocycles. The quantitative estimate of drug-likeness (QED) is 0.384. The van der Waals surface area contributed by atoms with E-state index in [-0.39, 0.29) is 18.3 Å². The van der Waals surface area contributed by atoms with Gasteiger partial charge < -0.3 is 30.3 Å². The van der Waals surface area contributed by atoms with E-state index in [2.05, 4.69) is 13.0 Å². The van der Waals surface area contributed by atoms with Gasteiger partial charge in [-0.1, -0.05) is 55.9 Å². The molecule has 5 N–H and O–H groups in total. The Hall–Kier alpha value is -1.54. The number of hydrogen-bond acceptors (Lipinski definition) is 6. The van der Waals surface area contributed by atoms with Crippen LogP contribution in [0.3, 0.4) is 0 Å². The van der Waals surface area contributed by atoms with Crippen LogP contribution in [-0.4, -0.2) is 62.3 Å². The molecule has 0 spiro atoms. The summed E-state index contributed by atoms with van der Waals surface area (Å²) in [5.74, 6) is -0.674. The van der Waals surface area contributed by atoms with Crippen molar-refractivity contribution in [3.05, 3.63) is 58.7 Å². The smallest absolute Gasteiger partial charge is 0.164 e. The lowest BCUT2D eigenvalue weighted by molar-refractivity contribution is -0.173. The molecule has 0 radical (unpaired) electrons. The summed E-state index contributed by atoms with van der Waals surface area (Å²) in [5.41, 5.74) is 3.89. The molecule has 0 bridgehead atoms. The van der Waals surface area contributed by atoms with Gasteiger partial charge in [-0.15, -0.1) is 0 Å². The van der Waals surface area contributed by atoms with Gasteiger partial charge in [-0.2, -0.15) is 0 Å². The van der Waals surface area contributed by atoms with Crippen molar-refractivity contribution in [3.8, 4) is 0 Å². The van der Waals surface area contributed by atoms with Gasteiger partial charge in [-0.25, -0.2) is 0 Å². The first-order valence-corrected chi connectivity index (χ1v) is 10.7. The number of ether oxygens (including phenoxy) is 1. The second-order valence-corrected chi connectivity index (χ2v) is 8.78. The van der Waals surface area contributed by atoms with Gasteiger partial charge in [0.2, 0.25) is 0 Å². The molecule has 2 aliphatic carbocycles. The molecule has 0 aromatic rings. The maximum atomic E-state index is 10.9. The van der Waals surface area contributed by atoms with Gasteiger partial charge in [0, 0.05) is 11.8 Å². The fraction of sp³-hybridized carbons (Fsp3) is 0.583. The highest BCUT2D eigenvalue weighted by molar-refractivity contribution is 5.59. The largest absolute Gasteiger partial charge is 0.390 e. The van der Waals surface area contributed by atoms with Crippen molar-refractivity contribution < 1.29 is 30.3 Å². The zero-order chi connectivity index (χ0) is 22.2. The van der Waals surface area contributed by atoms with Gasteiger partial charge in [0.25, 0.3) is 0 Å². The SMILES string of the molecule is CC1=CC2=C3/C=C/CC(O)C(O)C(O)/C=C\[C@@H](C)C(C)OC(O)C3C(O)C=C2C1C. The molecule has 30 heavy (non-hydrogen) atoms. The van der Waals surface area contributed by atoms with Crippen molar-refractivity contribution in [2.45, 2.75) is 70.9 Å². The maximum absolute atomic E-state index is 10.9. The van der Waals surface area contributed by atoms with E-state index in [0.717, 1.165) is 16.7 Å². The molecule has 166 valence electrons. The van der Waals surface area contributed by atoms with Gasteiger partial charge in [-0.05, 0) is 37.0 Å². The van der Waals surface area contributed by atoms with Crippen molar-refractivity contribution in [1.29, 1.82) is 0 Å². The summed E-state index contributed by atoms with van der Waals surface area (Å²) in [7, 11) is 0. The lowest BCUT2D eigenvalue weighted by Gasteiger charge is -2.35. The number of fused-ring (bicyclic) bond motifs is 2. The monoisotopic (exact) mass is 418 g/mol. The first kappa shape index (κ1) is 23.1. The highest BCUT2D eigenvalue weighted by Gasteiger charge is 2.39. The zero-order valence-corrected chi connectivity index (χ0v) is 18.0. The van der Waals surface area contributed by atoms with Crippen LogP contribution in [0.4, 0.5) is 0 Å². The van der Waals surface area contributed by atoms with Crippen molar-refractivity contribution >= 4 is 0 Å². The van der Waals surface area contributed by atoms with Crippen LogP contribution >= 0.6 is 0 Å².